The average molecular weight is 692 g/mol. The molecule has 4 saturated heterocycles. The molecule has 21 heteroatoms. The first kappa shape index (κ1) is 38.5. The molecule has 0 aromatic rings. The van der Waals surface area contributed by atoms with E-state index in [1.165, 1.54) is 0 Å². The molecule has 4 fully saturated rings. The van der Waals surface area contributed by atoms with E-state index >= 15 is 0 Å². The maximum atomic E-state index is 12.3. The van der Waals surface area contributed by atoms with Crippen LogP contribution in [0.3, 0.4) is 0 Å². The third-order valence-corrected chi connectivity index (χ3v) is 8.53. The minimum Gasteiger partial charge on any atom is -0.394 e. The van der Waals surface area contributed by atoms with Gasteiger partial charge in [0.15, 0.2) is 18.9 Å². The summed E-state index contributed by atoms with van der Waals surface area (Å²) in [4.78, 5) is 12.3. The minimum absolute atomic E-state index is 0.335. The number of nitrogens with one attached hydrogen (secondary N) is 1. The number of amides is 1. The van der Waals surface area contributed by atoms with E-state index in [1.54, 1.807) is 0 Å². The first-order valence-corrected chi connectivity index (χ1v) is 15.0. The van der Waals surface area contributed by atoms with E-state index in [-0.39, 0.29) is 6.61 Å². The Morgan fingerprint density at radius 1 is 0.574 bits per heavy atom. The molecule has 1 amide bonds. The summed E-state index contributed by atoms with van der Waals surface area (Å²) in [5.74, 6) is -0.744. The van der Waals surface area contributed by atoms with E-state index in [0.29, 0.717) is 0 Å². The van der Waals surface area contributed by atoms with Crippen molar-refractivity contribution in [3.63, 3.8) is 0 Å². The van der Waals surface area contributed by atoms with Crippen molar-refractivity contribution in [2.24, 2.45) is 0 Å². The van der Waals surface area contributed by atoms with Crippen LogP contribution in [0.5, 0.6) is 0 Å². The molecule has 0 spiro atoms. The topological polar surface area (TPSA) is 336 Å². The number of aliphatic hydroxyl groups excluding tert-OH is 12. The molecule has 4 heterocycles. The summed E-state index contributed by atoms with van der Waals surface area (Å²) in [5, 5.41) is 126. The summed E-state index contributed by atoms with van der Waals surface area (Å²) in [5.41, 5.74) is 0. The van der Waals surface area contributed by atoms with Gasteiger partial charge in [-0.1, -0.05) is 0 Å². The Hall–Kier alpha value is -1.29. The molecule has 13 N–H and O–H groups in total. The van der Waals surface area contributed by atoms with Crippen molar-refractivity contribution in [1.82, 2.24) is 5.32 Å². The number of aliphatic hydroxyl groups is 12. The van der Waals surface area contributed by atoms with Crippen LogP contribution >= 0.6 is 0 Å². The van der Waals surface area contributed by atoms with Crippen LogP contribution in [0.1, 0.15) is 6.92 Å². The van der Waals surface area contributed by atoms with E-state index < -0.39 is 149 Å². The summed E-state index contributed by atoms with van der Waals surface area (Å²) in [6.45, 7) is -2.48. The largest absolute Gasteiger partial charge is 0.394 e. The second kappa shape index (κ2) is 16.6. The van der Waals surface area contributed by atoms with E-state index in [2.05, 4.69) is 5.32 Å². The predicted molar refractivity (Wildman–Crippen MR) is 144 cm³/mol. The van der Waals surface area contributed by atoms with Gasteiger partial charge in [0.2, 0.25) is 5.91 Å². The fraction of sp³-hybridized carbons (Fsp3) is 0.962. The number of hydrogen-bond acceptors (Lipinski definition) is 20. The van der Waals surface area contributed by atoms with Crippen LogP contribution in [0.25, 0.3) is 0 Å². The summed E-state index contributed by atoms with van der Waals surface area (Å²) in [6, 6.07) is -1.57. The molecule has 21 nitrogen and oxygen atoms in total. The van der Waals surface area contributed by atoms with Crippen molar-refractivity contribution < 1.29 is 99.2 Å². The molecular formula is C26H45NO20. The Bertz CT molecular complexity index is 994. The van der Waals surface area contributed by atoms with Crippen LogP contribution in [0.15, 0.2) is 0 Å². The SMILES string of the molecule is CC(=O)NC1C(O[C@@H]2OC(CO)[C@H](O)C(O)[C@H]2O)[C@H](O)C(CO)O[C@H]1OC1C(O)[C@H](O[C@@H]2C(CO)OCC(O)C2O)OC(CO)[C@@H]1O. The fourth-order valence-electron chi connectivity index (χ4n) is 5.88. The molecule has 19 atom stereocenters. The van der Waals surface area contributed by atoms with E-state index in [9.17, 15) is 66.1 Å². The first-order chi connectivity index (χ1) is 22.3. The second-order valence-corrected chi connectivity index (χ2v) is 11.8. The zero-order chi connectivity index (χ0) is 34.7. The highest BCUT2D eigenvalue weighted by molar-refractivity contribution is 5.73. The molecule has 0 aromatic carbocycles. The van der Waals surface area contributed by atoms with Gasteiger partial charge in [-0.15, -0.1) is 0 Å². The Morgan fingerprint density at radius 3 is 1.60 bits per heavy atom. The van der Waals surface area contributed by atoms with Crippen LogP contribution in [-0.4, -0.2) is 217 Å². The van der Waals surface area contributed by atoms with Crippen molar-refractivity contribution in [1.29, 1.82) is 0 Å². The van der Waals surface area contributed by atoms with Crippen LogP contribution in [-0.2, 0) is 38.0 Å². The van der Waals surface area contributed by atoms with E-state index in [0.717, 1.165) is 6.92 Å². The van der Waals surface area contributed by atoms with Crippen molar-refractivity contribution in [2.75, 3.05) is 33.0 Å². The molecule has 4 aliphatic rings. The smallest absolute Gasteiger partial charge is 0.217 e. The summed E-state index contributed by atoms with van der Waals surface area (Å²) >= 11 is 0. The van der Waals surface area contributed by atoms with Crippen molar-refractivity contribution >= 4 is 5.91 Å². The first-order valence-electron chi connectivity index (χ1n) is 15.0. The van der Waals surface area contributed by atoms with Crippen molar-refractivity contribution in [2.45, 2.75) is 123 Å². The number of hydrogen-bond donors (Lipinski definition) is 13. The zero-order valence-electron chi connectivity index (χ0n) is 25.1. The van der Waals surface area contributed by atoms with Crippen molar-refractivity contribution in [3.8, 4) is 0 Å². The molecule has 4 aliphatic heterocycles. The van der Waals surface area contributed by atoms with Gasteiger partial charge in [-0.25, -0.2) is 0 Å². The van der Waals surface area contributed by atoms with Crippen LogP contribution in [0, 0.1) is 0 Å². The number of rotatable bonds is 11. The molecule has 0 radical (unpaired) electrons. The molecule has 0 aliphatic carbocycles. The van der Waals surface area contributed by atoms with Gasteiger partial charge in [0.1, 0.15) is 97.6 Å². The summed E-state index contributed by atoms with van der Waals surface area (Å²) in [7, 11) is 0. The molecule has 274 valence electrons. The van der Waals surface area contributed by atoms with Gasteiger partial charge < -0.3 is 99.8 Å². The highest BCUT2D eigenvalue weighted by atomic mass is 16.8. The summed E-state index contributed by atoms with van der Waals surface area (Å²) in [6.07, 6.45) is -30.2. The maximum absolute atomic E-state index is 12.3. The van der Waals surface area contributed by atoms with Gasteiger partial charge in [0, 0.05) is 6.92 Å². The molecule has 0 saturated carbocycles. The molecule has 47 heavy (non-hydrogen) atoms. The van der Waals surface area contributed by atoms with Gasteiger partial charge in [-0.2, -0.15) is 0 Å². The van der Waals surface area contributed by atoms with Crippen molar-refractivity contribution in [3.05, 3.63) is 0 Å². The maximum Gasteiger partial charge on any atom is 0.217 e. The van der Waals surface area contributed by atoms with E-state index in [4.69, 9.17) is 33.2 Å². The minimum atomic E-state index is -1.97. The van der Waals surface area contributed by atoms with E-state index in [1.807, 2.05) is 0 Å². The van der Waals surface area contributed by atoms with Crippen LogP contribution < -0.4 is 5.32 Å². The lowest BCUT2D eigenvalue weighted by atomic mass is 9.94. The Labute approximate surface area is 267 Å². The normalized spacial score (nSPS) is 49.4. The Morgan fingerprint density at radius 2 is 1.04 bits per heavy atom. The van der Waals surface area contributed by atoms with Gasteiger partial charge >= 0.3 is 0 Å². The lowest BCUT2D eigenvalue weighted by Crippen LogP contribution is -2.70. The quantitative estimate of drug-likeness (QED) is 0.0956. The molecule has 11 unspecified atom stereocenters. The average Bonchev–Trinajstić information content (AvgIpc) is 3.04. The third-order valence-electron chi connectivity index (χ3n) is 8.53. The van der Waals surface area contributed by atoms with Crippen LogP contribution in [0.2, 0.25) is 0 Å². The van der Waals surface area contributed by atoms with Gasteiger partial charge in [-0.3, -0.25) is 4.79 Å². The van der Waals surface area contributed by atoms with Gasteiger partial charge in [0.05, 0.1) is 33.0 Å². The molecule has 0 aromatic heterocycles. The second-order valence-electron chi connectivity index (χ2n) is 11.8. The lowest BCUT2D eigenvalue weighted by Gasteiger charge is -2.50. The standard InChI is InChI=1S/C26H45NO20/c1-7(32)27-13-22(46-25-19(39)18(38)15(35)9(2-28)43-25)16(36)10(3-29)42-24(13)47-23-17(37)11(4-30)44-26(20(23)40)45-21-12(5-31)41-6-8(33)14(21)34/h8-26,28-31,33-40H,2-6H2,1H3,(H,27,32)/t8?,9?,10?,11?,12?,13?,14?,15-,16+,17-,18?,19+,20?,21+,22?,23?,24-,25-,26-/m0/s1. The van der Waals surface area contributed by atoms with Crippen LogP contribution in [0.4, 0.5) is 0 Å². The van der Waals surface area contributed by atoms with Gasteiger partial charge in [-0.05, 0) is 0 Å². The zero-order valence-corrected chi connectivity index (χ0v) is 25.1. The Balaban J connectivity index is 1.61. The Kier molecular flexibility index (Phi) is 13.6. The summed E-state index contributed by atoms with van der Waals surface area (Å²) < 4.78 is 39.1. The number of carbonyl (C=O) groups is 1. The lowest BCUT2D eigenvalue weighted by molar-refractivity contribution is -0.374. The fourth-order valence-corrected chi connectivity index (χ4v) is 5.88. The highest BCUT2D eigenvalue weighted by Crippen LogP contribution is 2.34. The molecule has 0 bridgehead atoms. The number of carbonyl (C=O) groups excluding carboxylic acids is 1. The number of ether oxygens (including phenoxy) is 7. The van der Waals surface area contributed by atoms with Gasteiger partial charge in [0.25, 0.3) is 0 Å². The highest BCUT2D eigenvalue weighted by Gasteiger charge is 2.55. The third kappa shape index (κ3) is 8.20. The molecule has 4 rings (SSSR count). The predicted octanol–water partition coefficient (Wildman–Crippen LogP) is -8.92. The monoisotopic (exact) mass is 691 g/mol. The molecular weight excluding hydrogens is 646 g/mol.